The third-order valence-corrected chi connectivity index (χ3v) is 13.4. The average Bonchev–Trinajstić information content (AvgIpc) is 4.08. The molecular weight excluding hydrogens is 791 g/mol. The van der Waals surface area contributed by atoms with E-state index < -0.39 is 24.0 Å². The summed E-state index contributed by atoms with van der Waals surface area (Å²) in [6.45, 7) is 13.3. The van der Waals surface area contributed by atoms with Crippen LogP contribution < -0.4 is 9.80 Å². The Morgan fingerprint density at radius 1 is 0.613 bits per heavy atom. The van der Waals surface area contributed by atoms with Crippen molar-refractivity contribution in [2.24, 2.45) is 23.7 Å². The number of nitrogens with zero attached hydrogens (tertiary/aromatic N) is 14. The van der Waals surface area contributed by atoms with Gasteiger partial charge in [0.05, 0.1) is 48.3 Å². The molecule has 6 unspecified atom stereocenters. The highest BCUT2D eigenvalue weighted by Gasteiger charge is 2.45. The first-order valence-corrected chi connectivity index (χ1v) is 22.3. The maximum atomic E-state index is 16.2. The summed E-state index contributed by atoms with van der Waals surface area (Å²) in [6, 6.07) is 8.00. The van der Waals surface area contributed by atoms with Crippen molar-refractivity contribution in [3.63, 3.8) is 0 Å². The lowest BCUT2D eigenvalue weighted by atomic mass is 9.87. The molecule has 324 valence electrons. The summed E-state index contributed by atoms with van der Waals surface area (Å²) in [7, 11) is 0. The van der Waals surface area contributed by atoms with Crippen LogP contribution in [-0.4, -0.2) is 104 Å². The Morgan fingerprint density at radius 3 is 1.44 bits per heavy atom. The van der Waals surface area contributed by atoms with E-state index in [0.29, 0.717) is 95.8 Å². The van der Waals surface area contributed by atoms with Gasteiger partial charge in [0.2, 0.25) is 11.9 Å². The molecule has 6 aromatic rings. The molecule has 0 aliphatic carbocycles. The summed E-state index contributed by atoms with van der Waals surface area (Å²) in [4.78, 5) is 43.2. The van der Waals surface area contributed by atoms with Crippen LogP contribution in [-0.2, 0) is 4.79 Å². The van der Waals surface area contributed by atoms with Gasteiger partial charge in [-0.3, -0.25) is 23.4 Å². The van der Waals surface area contributed by atoms with Crippen molar-refractivity contribution >= 4 is 28.7 Å². The SMILES string of the molecule is CC1CC(C)CN(C(C(=O)C(c2nnc3cnc(N4CCC[C@@H]4c4cccc(F)n4)cn23)N2CC(C)CC(C)C2)c2nnc3cnc(N4CCC[C@@H]4c4cccc(F)n4)cn23)C1. The number of likely N-dealkylation sites (tertiary alicyclic amines) is 2. The number of hydrogen-bond donors (Lipinski definition) is 0. The van der Waals surface area contributed by atoms with Crippen LogP contribution >= 0.6 is 0 Å². The minimum Gasteiger partial charge on any atom is -0.347 e. The number of ketones is 1. The lowest BCUT2D eigenvalue weighted by Gasteiger charge is -2.43. The Labute approximate surface area is 359 Å². The van der Waals surface area contributed by atoms with E-state index in [1.807, 2.05) is 33.3 Å². The molecule has 4 aliphatic heterocycles. The Balaban J connectivity index is 1.08. The fraction of sp³-hybridized carbons (Fsp3) is 0.533. The molecule has 0 radical (unpaired) electrons. The van der Waals surface area contributed by atoms with Crippen molar-refractivity contribution in [3.8, 4) is 0 Å². The second-order valence-electron chi connectivity index (χ2n) is 18.5. The van der Waals surface area contributed by atoms with Gasteiger partial charge >= 0.3 is 0 Å². The van der Waals surface area contributed by atoms with Crippen molar-refractivity contribution in [2.45, 2.75) is 90.4 Å². The number of rotatable bonds is 10. The molecule has 15 nitrogen and oxygen atoms in total. The third kappa shape index (κ3) is 7.67. The van der Waals surface area contributed by atoms with E-state index in [4.69, 9.17) is 20.2 Å². The van der Waals surface area contributed by atoms with Gasteiger partial charge in [0.15, 0.2) is 28.7 Å². The molecular formula is C45H54F2N14O. The molecule has 6 aromatic heterocycles. The molecule has 4 fully saturated rings. The fourth-order valence-corrected chi connectivity index (χ4v) is 11.1. The first-order chi connectivity index (χ1) is 30.1. The molecule has 62 heavy (non-hydrogen) atoms. The van der Waals surface area contributed by atoms with E-state index in [0.717, 1.165) is 51.6 Å². The summed E-state index contributed by atoms with van der Waals surface area (Å²) in [5.41, 5.74) is 2.39. The van der Waals surface area contributed by atoms with Gasteiger partial charge in [-0.25, -0.2) is 19.9 Å². The highest BCUT2D eigenvalue weighted by Crippen LogP contribution is 2.40. The smallest absolute Gasteiger partial charge is 0.213 e. The zero-order valence-electron chi connectivity index (χ0n) is 35.8. The lowest BCUT2D eigenvalue weighted by Crippen LogP contribution is -2.50. The van der Waals surface area contributed by atoms with Crippen molar-refractivity contribution in [1.82, 2.24) is 58.9 Å². The van der Waals surface area contributed by atoms with Gasteiger partial charge in [-0.15, -0.1) is 20.4 Å². The number of halogens is 2. The number of anilines is 2. The number of hydrogen-bond acceptors (Lipinski definition) is 13. The van der Waals surface area contributed by atoms with E-state index in [9.17, 15) is 8.78 Å². The van der Waals surface area contributed by atoms with E-state index >= 15 is 4.79 Å². The monoisotopic (exact) mass is 844 g/mol. The molecule has 10 heterocycles. The highest BCUT2D eigenvalue weighted by atomic mass is 19.1. The molecule has 10 rings (SSSR count). The molecule has 17 heteroatoms. The van der Waals surface area contributed by atoms with Crippen LogP contribution in [0.25, 0.3) is 11.3 Å². The zero-order valence-corrected chi connectivity index (χ0v) is 35.8. The predicted molar refractivity (Wildman–Crippen MR) is 228 cm³/mol. The number of aromatic nitrogens is 10. The molecule has 4 aliphatic rings. The molecule has 8 atom stereocenters. The molecule has 0 saturated carbocycles. The number of Topliss-reactive ketones (excluding diaryl/α,β-unsaturated/α-hetero) is 1. The summed E-state index contributed by atoms with van der Waals surface area (Å²) < 4.78 is 32.5. The summed E-state index contributed by atoms with van der Waals surface area (Å²) in [6.07, 6.45) is 12.8. The topological polar surface area (TPSA) is 142 Å². The van der Waals surface area contributed by atoms with Crippen LogP contribution in [0.2, 0.25) is 0 Å². The van der Waals surface area contributed by atoms with E-state index in [1.165, 1.54) is 12.1 Å². The van der Waals surface area contributed by atoms with Crippen LogP contribution in [0.4, 0.5) is 20.4 Å². The molecule has 4 saturated heterocycles. The number of carbonyl (C=O) groups is 1. The standard InChI is InChI=1S/C45H54F2N14O/c1-27-17-28(2)22-56(21-27)41(44-54-52-37-19-48-39(25-60(37)44)58-15-7-11-33(58)31-9-5-13-35(46)50-31)43(62)42(57-23-29(3)18-30(4)24-57)45-55-53-38-20-49-40(26-61(38)45)59-16-8-12-34(59)32-10-6-14-36(47)51-32/h5-6,9-10,13-14,19-20,25-30,33-34,41-42H,7-8,11-12,15-18,21-24H2,1-4H3/t27?,28?,29?,30?,33-,34-,41?,42?/m1/s1. The van der Waals surface area contributed by atoms with Crippen LogP contribution in [0.15, 0.2) is 61.2 Å². The normalized spacial score (nSPS) is 26.2. The first-order valence-electron chi connectivity index (χ1n) is 22.3. The van der Waals surface area contributed by atoms with E-state index in [1.54, 1.807) is 24.5 Å². The molecule has 0 N–H and O–H groups in total. The molecule has 0 spiro atoms. The maximum absolute atomic E-state index is 16.2. The summed E-state index contributed by atoms with van der Waals surface area (Å²) >= 11 is 0. The van der Waals surface area contributed by atoms with Crippen molar-refractivity contribution < 1.29 is 13.6 Å². The van der Waals surface area contributed by atoms with Crippen molar-refractivity contribution in [3.05, 3.63) is 96.1 Å². The first kappa shape index (κ1) is 40.5. The predicted octanol–water partition coefficient (Wildman–Crippen LogP) is 6.62. The fourth-order valence-electron chi connectivity index (χ4n) is 11.1. The molecule has 0 aromatic carbocycles. The minimum absolute atomic E-state index is 0.0426. The van der Waals surface area contributed by atoms with Crippen molar-refractivity contribution in [1.29, 1.82) is 0 Å². The third-order valence-electron chi connectivity index (χ3n) is 13.4. The van der Waals surface area contributed by atoms with Crippen LogP contribution in [0.3, 0.4) is 0 Å². The highest BCUT2D eigenvalue weighted by molar-refractivity contribution is 5.90. The Hall–Kier alpha value is -5.55. The number of pyridine rings is 2. The van der Waals surface area contributed by atoms with Gasteiger partial charge in [0.25, 0.3) is 0 Å². The largest absolute Gasteiger partial charge is 0.347 e. The minimum atomic E-state index is -0.780. The second-order valence-corrected chi connectivity index (χ2v) is 18.5. The molecule has 0 amide bonds. The summed E-state index contributed by atoms with van der Waals surface area (Å²) in [5, 5.41) is 18.9. The number of piperidine rings is 2. The van der Waals surface area contributed by atoms with Crippen LogP contribution in [0, 0.1) is 35.6 Å². The lowest BCUT2D eigenvalue weighted by molar-refractivity contribution is -0.133. The molecule has 0 bridgehead atoms. The number of carbonyl (C=O) groups excluding carboxylic acids is 1. The van der Waals surface area contributed by atoms with Gasteiger partial charge in [0.1, 0.15) is 23.7 Å². The zero-order chi connectivity index (χ0) is 42.6. The van der Waals surface area contributed by atoms with E-state index in [-0.39, 0.29) is 17.9 Å². The van der Waals surface area contributed by atoms with Crippen molar-refractivity contribution in [2.75, 3.05) is 49.1 Å². The average molecular weight is 845 g/mol. The van der Waals surface area contributed by atoms with Gasteiger partial charge in [0, 0.05) is 39.3 Å². The summed E-state index contributed by atoms with van der Waals surface area (Å²) in [5.74, 6) is 2.78. The van der Waals surface area contributed by atoms with Crippen LogP contribution in [0.5, 0.6) is 0 Å². The quantitative estimate of drug-likeness (QED) is 0.137. The Kier molecular flexibility index (Phi) is 10.9. The number of fused-ring (bicyclic) bond motifs is 2. The van der Waals surface area contributed by atoms with E-state index in [2.05, 4.69) is 67.5 Å². The Bertz CT molecular complexity index is 2390. The van der Waals surface area contributed by atoms with Crippen LogP contribution in [0.1, 0.15) is 113 Å². The second kappa shape index (κ2) is 16.6. The van der Waals surface area contributed by atoms with Gasteiger partial charge in [-0.1, -0.05) is 39.8 Å². The van der Waals surface area contributed by atoms with Gasteiger partial charge in [-0.05, 0) is 86.5 Å². The maximum Gasteiger partial charge on any atom is 0.213 e. The van der Waals surface area contributed by atoms with Gasteiger partial charge in [-0.2, -0.15) is 8.78 Å². The van der Waals surface area contributed by atoms with Gasteiger partial charge < -0.3 is 9.80 Å². The Morgan fingerprint density at radius 2 is 1.03 bits per heavy atom.